The first-order chi connectivity index (χ1) is 15.6. The Bertz CT molecular complexity index is 1370. The molecule has 7 heteroatoms. The molecule has 0 aliphatic carbocycles. The third-order valence-electron chi connectivity index (χ3n) is 6.01. The van der Waals surface area contributed by atoms with E-state index in [0.717, 1.165) is 21.6 Å². The maximum Gasteiger partial charge on any atom is 0.336 e. The molecule has 2 amide bonds. The fraction of sp³-hybridized carbons (Fsp3) is 0.308. The number of hydrogen-bond donors (Lipinski definition) is 0. The molecule has 1 unspecified atom stereocenters. The van der Waals surface area contributed by atoms with Crippen LogP contribution in [0.25, 0.3) is 11.0 Å². The number of esters is 1. The maximum absolute atomic E-state index is 12.8. The summed E-state index contributed by atoms with van der Waals surface area (Å²) < 4.78 is 10.8. The SMILES string of the molecule is Cc1ccc2c(c1)C(=O)N(C(C)C(=O)OCc1cc(=O)oc3cc(C)c(C(C)C)cc13)C2=O. The van der Waals surface area contributed by atoms with Crippen molar-refractivity contribution >= 4 is 28.8 Å². The molecule has 7 nitrogen and oxygen atoms in total. The molecule has 1 aliphatic heterocycles. The minimum absolute atomic E-state index is 0.186. The number of nitrogens with zero attached hydrogens (tertiary/aromatic N) is 1. The Kier molecular flexibility index (Phi) is 5.66. The Morgan fingerprint density at radius 1 is 0.970 bits per heavy atom. The van der Waals surface area contributed by atoms with E-state index < -0.39 is 29.5 Å². The van der Waals surface area contributed by atoms with Gasteiger partial charge in [0, 0.05) is 17.0 Å². The zero-order chi connectivity index (χ0) is 24.0. The number of carbonyl (C=O) groups is 3. The van der Waals surface area contributed by atoms with Crippen molar-refractivity contribution in [1.29, 1.82) is 0 Å². The lowest BCUT2D eigenvalue weighted by atomic mass is 9.95. The Labute approximate surface area is 191 Å². The molecule has 0 saturated heterocycles. The first kappa shape index (κ1) is 22.5. The number of fused-ring (bicyclic) bond motifs is 2. The number of amides is 2. The van der Waals surface area contributed by atoms with Crippen LogP contribution in [0.15, 0.2) is 45.6 Å². The number of aryl methyl sites for hydroxylation is 2. The van der Waals surface area contributed by atoms with Gasteiger partial charge in [0.1, 0.15) is 18.2 Å². The van der Waals surface area contributed by atoms with E-state index in [4.69, 9.17) is 9.15 Å². The van der Waals surface area contributed by atoms with Gasteiger partial charge in [-0.15, -0.1) is 0 Å². The number of ether oxygens (including phenoxy) is 1. The molecule has 1 atom stereocenters. The van der Waals surface area contributed by atoms with Crippen molar-refractivity contribution in [2.75, 3.05) is 0 Å². The zero-order valence-corrected chi connectivity index (χ0v) is 19.2. The number of benzene rings is 2. The molecule has 0 bridgehead atoms. The first-order valence-corrected chi connectivity index (χ1v) is 10.8. The largest absolute Gasteiger partial charge is 0.459 e. The Balaban J connectivity index is 1.58. The summed E-state index contributed by atoms with van der Waals surface area (Å²) in [5, 5.41) is 0.681. The van der Waals surface area contributed by atoms with Crippen molar-refractivity contribution in [3.05, 3.63) is 80.2 Å². The van der Waals surface area contributed by atoms with Gasteiger partial charge in [0.2, 0.25) is 0 Å². The minimum atomic E-state index is -1.11. The summed E-state index contributed by atoms with van der Waals surface area (Å²) in [6.45, 7) is 9.18. The molecule has 1 aromatic heterocycles. The van der Waals surface area contributed by atoms with Crippen LogP contribution in [0, 0.1) is 13.8 Å². The zero-order valence-electron chi connectivity index (χ0n) is 19.2. The van der Waals surface area contributed by atoms with Crippen molar-refractivity contribution in [3.63, 3.8) is 0 Å². The molecule has 170 valence electrons. The van der Waals surface area contributed by atoms with Gasteiger partial charge in [-0.2, -0.15) is 0 Å². The third kappa shape index (κ3) is 3.95. The lowest BCUT2D eigenvalue weighted by Crippen LogP contribution is -2.43. The van der Waals surface area contributed by atoms with E-state index in [0.29, 0.717) is 16.5 Å². The smallest absolute Gasteiger partial charge is 0.336 e. The van der Waals surface area contributed by atoms with Crippen molar-refractivity contribution in [1.82, 2.24) is 4.90 Å². The molecule has 3 aromatic rings. The number of carbonyl (C=O) groups excluding carboxylic acids is 3. The molecule has 33 heavy (non-hydrogen) atoms. The van der Waals surface area contributed by atoms with Gasteiger partial charge < -0.3 is 9.15 Å². The average molecular weight is 447 g/mol. The summed E-state index contributed by atoms with van der Waals surface area (Å²) in [5.41, 5.74) is 3.87. The highest BCUT2D eigenvalue weighted by Crippen LogP contribution is 2.28. The molecular weight excluding hydrogens is 422 g/mol. The van der Waals surface area contributed by atoms with E-state index in [1.165, 1.54) is 13.0 Å². The van der Waals surface area contributed by atoms with Crippen LogP contribution in [0.4, 0.5) is 0 Å². The van der Waals surface area contributed by atoms with Crippen LogP contribution in [0.2, 0.25) is 0 Å². The fourth-order valence-corrected chi connectivity index (χ4v) is 4.23. The van der Waals surface area contributed by atoms with Gasteiger partial charge in [0.25, 0.3) is 11.8 Å². The van der Waals surface area contributed by atoms with Crippen molar-refractivity contribution < 1.29 is 23.5 Å². The predicted molar refractivity (Wildman–Crippen MR) is 122 cm³/mol. The van der Waals surface area contributed by atoms with Crippen LogP contribution in [-0.2, 0) is 16.1 Å². The van der Waals surface area contributed by atoms with Gasteiger partial charge in [-0.25, -0.2) is 9.59 Å². The Morgan fingerprint density at radius 2 is 1.67 bits per heavy atom. The fourth-order valence-electron chi connectivity index (χ4n) is 4.23. The standard InChI is InChI=1S/C26H25NO6/c1-13(2)19-11-20-17(10-23(28)33-22(20)9-15(19)4)12-32-26(31)16(5)27-24(29)18-7-6-14(3)8-21(18)25(27)30/h6-11,13,16H,12H2,1-5H3. The quantitative estimate of drug-likeness (QED) is 0.330. The average Bonchev–Trinajstić information content (AvgIpc) is 2.99. The molecule has 2 heterocycles. The van der Waals surface area contributed by atoms with Crippen LogP contribution in [-0.4, -0.2) is 28.7 Å². The van der Waals surface area contributed by atoms with Crippen LogP contribution in [0.3, 0.4) is 0 Å². The maximum atomic E-state index is 12.8. The predicted octanol–water partition coefficient (Wildman–Crippen LogP) is 4.26. The molecule has 0 radical (unpaired) electrons. The van der Waals surface area contributed by atoms with E-state index in [-0.39, 0.29) is 23.7 Å². The summed E-state index contributed by atoms with van der Waals surface area (Å²) in [5.74, 6) is -1.53. The van der Waals surface area contributed by atoms with Gasteiger partial charge >= 0.3 is 11.6 Å². The second-order valence-corrected chi connectivity index (χ2v) is 8.76. The van der Waals surface area contributed by atoms with E-state index in [1.54, 1.807) is 24.3 Å². The van der Waals surface area contributed by atoms with Crippen molar-refractivity contribution in [2.24, 2.45) is 0 Å². The van der Waals surface area contributed by atoms with Crippen LogP contribution < -0.4 is 5.63 Å². The Hall–Kier alpha value is -3.74. The van der Waals surface area contributed by atoms with Crippen LogP contribution in [0.1, 0.15) is 69.7 Å². The van der Waals surface area contributed by atoms with Gasteiger partial charge in [-0.1, -0.05) is 25.5 Å². The van der Waals surface area contributed by atoms with Crippen molar-refractivity contribution in [3.8, 4) is 0 Å². The first-order valence-electron chi connectivity index (χ1n) is 10.8. The normalized spacial score (nSPS) is 14.2. The van der Waals surface area contributed by atoms with Crippen molar-refractivity contribution in [2.45, 2.75) is 53.2 Å². The monoisotopic (exact) mass is 447 g/mol. The number of imide groups is 1. The summed E-state index contributed by atoms with van der Waals surface area (Å²) in [7, 11) is 0. The van der Waals surface area contributed by atoms with Gasteiger partial charge in [-0.05, 0) is 62.1 Å². The van der Waals surface area contributed by atoms with Gasteiger partial charge in [0.05, 0.1) is 11.1 Å². The van der Waals surface area contributed by atoms with Gasteiger partial charge in [0.15, 0.2) is 0 Å². The molecule has 1 aliphatic rings. The topological polar surface area (TPSA) is 93.9 Å². The third-order valence-corrected chi connectivity index (χ3v) is 6.01. The molecule has 0 saturated carbocycles. The van der Waals surface area contributed by atoms with Crippen LogP contribution in [0.5, 0.6) is 0 Å². The lowest BCUT2D eigenvalue weighted by Gasteiger charge is -2.21. The highest BCUT2D eigenvalue weighted by Gasteiger charge is 2.41. The molecule has 0 spiro atoms. The second-order valence-electron chi connectivity index (χ2n) is 8.76. The number of rotatable bonds is 5. The van der Waals surface area contributed by atoms with Crippen LogP contribution >= 0.6 is 0 Å². The summed E-state index contributed by atoms with van der Waals surface area (Å²) >= 11 is 0. The highest BCUT2D eigenvalue weighted by atomic mass is 16.5. The molecular formula is C26H25NO6. The van der Waals surface area contributed by atoms with Gasteiger partial charge in [-0.3, -0.25) is 14.5 Å². The highest BCUT2D eigenvalue weighted by molar-refractivity contribution is 6.22. The summed E-state index contributed by atoms with van der Waals surface area (Å²) in [6, 6.07) is 8.90. The van der Waals surface area contributed by atoms with E-state index >= 15 is 0 Å². The Morgan fingerprint density at radius 3 is 2.36 bits per heavy atom. The molecule has 0 fully saturated rings. The lowest BCUT2D eigenvalue weighted by molar-refractivity contribution is -0.149. The van der Waals surface area contributed by atoms with E-state index in [1.807, 2.05) is 19.9 Å². The summed E-state index contributed by atoms with van der Waals surface area (Å²) in [4.78, 5) is 51.3. The van der Waals surface area contributed by atoms with E-state index in [2.05, 4.69) is 13.8 Å². The minimum Gasteiger partial charge on any atom is -0.459 e. The second kappa shape index (κ2) is 8.31. The number of hydrogen-bond acceptors (Lipinski definition) is 6. The molecule has 4 rings (SSSR count). The summed E-state index contributed by atoms with van der Waals surface area (Å²) in [6.07, 6.45) is 0. The molecule has 0 N–H and O–H groups in total. The van der Waals surface area contributed by atoms with E-state index in [9.17, 15) is 19.2 Å². The molecule has 2 aromatic carbocycles.